The van der Waals surface area contributed by atoms with Gasteiger partial charge >= 0.3 is 33.6 Å². The molecule has 4 N–H and O–H groups in total. The summed E-state index contributed by atoms with van der Waals surface area (Å²) < 4.78 is 60.6. The molecular weight excluding hydrogens is 1100 g/mol. The van der Waals surface area contributed by atoms with Gasteiger partial charge < -0.3 is 34.2 Å². The van der Waals surface area contributed by atoms with Gasteiger partial charge in [-0.2, -0.15) is 0 Å². The number of carbonyl (C=O) groups is 3. The van der Waals surface area contributed by atoms with Crippen molar-refractivity contribution in [2.24, 2.45) is 0 Å². The maximum atomic E-state index is 12.8. The van der Waals surface area contributed by atoms with Gasteiger partial charge in [0.15, 0.2) is 6.10 Å². The van der Waals surface area contributed by atoms with Gasteiger partial charge in [-0.1, -0.05) is 221 Å². The number of aliphatic hydroxyl groups excluding tert-OH is 2. The number of phosphoric ester groups is 2. The largest absolute Gasteiger partial charge is 0.472 e. The van der Waals surface area contributed by atoms with Crippen LogP contribution >= 0.6 is 15.6 Å². The topological polar surface area (TPSA) is 231 Å². The molecule has 0 aromatic carbocycles. The van der Waals surface area contributed by atoms with E-state index in [1.54, 1.807) is 0 Å². The number of allylic oxidation sites excluding steroid dienone is 16. The number of carbonyl (C=O) groups excluding carboxylic acids is 3. The van der Waals surface area contributed by atoms with Crippen molar-refractivity contribution < 1.29 is 75.8 Å². The second-order valence-electron chi connectivity index (χ2n) is 20.8. The van der Waals surface area contributed by atoms with Crippen molar-refractivity contribution in [3.05, 3.63) is 97.2 Å². The first-order valence-electron chi connectivity index (χ1n) is 31.5. The monoisotopic (exact) mass is 1210 g/mol. The number of rotatable bonds is 59. The molecule has 0 aliphatic rings. The third kappa shape index (κ3) is 60.0. The summed E-state index contributed by atoms with van der Waals surface area (Å²) in [6.07, 6.45) is 61.9. The maximum Gasteiger partial charge on any atom is 0.472 e. The van der Waals surface area contributed by atoms with Crippen LogP contribution in [0.1, 0.15) is 239 Å². The third-order valence-electron chi connectivity index (χ3n) is 12.8. The van der Waals surface area contributed by atoms with E-state index in [2.05, 4.69) is 118 Å². The molecule has 0 aromatic rings. The van der Waals surface area contributed by atoms with Crippen LogP contribution < -0.4 is 0 Å². The molecule has 0 rings (SSSR count). The van der Waals surface area contributed by atoms with Gasteiger partial charge in [-0.15, -0.1) is 0 Å². The normalized spacial score (nSPS) is 15.0. The molecule has 83 heavy (non-hydrogen) atoms. The van der Waals surface area contributed by atoms with Crippen molar-refractivity contribution in [2.45, 2.75) is 257 Å². The molecule has 5 atom stereocenters. The molecule has 0 radical (unpaired) electrons. The van der Waals surface area contributed by atoms with E-state index in [9.17, 15) is 43.5 Å². The molecule has 0 spiro atoms. The van der Waals surface area contributed by atoms with Gasteiger partial charge in [-0.05, 0) is 96.3 Å². The molecule has 5 unspecified atom stereocenters. The van der Waals surface area contributed by atoms with Gasteiger partial charge in [0.05, 0.1) is 26.4 Å². The van der Waals surface area contributed by atoms with Gasteiger partial charge in [0.25, 0.3) is 0 Å². The van der Waals surface area contributed by atoms with Gasteiger partial charge in [0.2, 0.25) is 0 Å². The van der Waals surface area contributed by atoms with Crippen LogP contribution in [0.2, 0.25) is 0 Å². The fourth-order valence-electron chi connectivity index (χ4n) is 8.02. The number of unbranched alkanes of at least 4 members (excludes halogenated alkanes) is 20. The quantitative estimate of drug-likeness (QED) is 0.0146. The van der Waals surface area contributed by atoms with Crippen molar-refractivity contribution >= 4 is 33.6 Å². The highest BCUT2D eigenvalue weighted by Crippen LogP contribution is 2.45. The average Bonchev–Trinajstić information content (AvgIpc) is 3.47. The summed E-state index contributed by atoms with van der Waals surface area (Å²) in [7, 11) is -9.77. The molecule has 0 bridgehead atoms. The second-order valence-corrected chi connectivity index (χ2v) is 23.7. The summed E-state index contributed by atoms with van der Waals surface area (Å²) in [5.41, 5.74) is 0. The zero-order valence-electron chi connectivity index (χ0n) is 51.3. The van der Waals surface area contributed by atoms with E-state index in [1.807, 2.05) is 0 Å². The van der Waals surface area contributed by atoms with E-state index in [0.29, 0.717) is 19.3 Å². The van der Waals surface area contributed by atoms with Crippen molar-refractivity contribution in [3.8, 4) is 0 Å². The molecule has 0 aromatic heterocycles. The molecule has 0 fully saturated rings. The summed E-state index contributed by atoms with van der Waals surface area (Å²) in [4.78, 5) is 58.1. The minimum absolute atomic E-state index is 0.0998. The van der Waals surface area contributed by atoms with Gasteiger partial charge in [-0.25, -0.2) is 9.13 Å². The molecule has 0 saturated heterocycles. The third-order valence-corrected chi connectivity index (χ3v) is 14.7. The fraction of sp³-hybridized carbons (Fsp3) is 0.708. The van der Waals surface area contributed by atoms with Gasteiger partial charge in [0, 0.05) is 19.3 Å². The van der Waals surface area contributed by atoms with Crippen LogP contribution in [0.4, 0.5) is 0 Å². The molecule has 0 aliphatic heterocycles. The predicted octanol–water partition coefficient (Wildman–Crippen LogP) is 16.7. The number of ether oxygens (including phenoxy) is 3. The number of hydrogen-bond acceptors (Lipinski definition) is 14. The Hall–Kier alpha value is -3.53. The lowest BCUT2D eigenvalue weighted by atomic mass is 10.1. The summed E-state index contributed by atoms with van der Waals surface area (Å²) in [5.74, 6) is -1.62. The Kier molecular flexibility index (Phi) is 56.3. The Morgan fingerprint density at radius 1 is 0.349 bits per heavy atom. The highest BCUT2D eigenvalue weighted by molar-refractivity contribution is 7.47. The summed E-state index contributed by atoms with van der Waals surface area (Å²) >= 11 is 0. The van der Waals surface area contributed by atoms with Gasteiger partial charge in [0.1, 0.15) is 25.4 Å². The molecule has 16 nitrogen and oxygen atoms in total. The van der Waals surface area contributed by atoms with E-state index in [4.69, 9.17) is 32.3 Å². The lowest BCUT2D eigenvalue weighted by Crippen LogP contribution is -2.30. The molecular formula is C65H112O16P2. The van der Waals surface area contributed by atoms with Crippen molar-refractivity contribution in [3.63, 3.8) is 0 Å². The maximum absolute atomic E-state index is 12.8. The van der Waals surface area contributed by atoms with Crippen LogP contribution in [-0.4, -0.2) is 95.9 Å². The summed E-state index contributed by atoms with van der Waals surface area (Å²) in [5, 5.41) is 20.5. The number of esters is 3. The molecule has 0 amide bonds. The van der Waals surface area contributed by atoms with Crippen LogP contribution in [-0.2, 0) is 55.8 Å². The first kappa shape index (κ1) is 79.5. The summed E-state index contributed by atoms with van der Waals surface area (Å²) in [6, 6.07) is 0. The number of aliphatic hydroxyl groups is 2. The van der Waals surface area contributed by atoms with E-state index in [1.165, 1.54) is 38.5 Å². The van der Waals surface area contributed by atoms with Crippen molar-refractivity contribution in [2.75, 3.05) is 39.6 Å². The van der Waals surface area contributed by atoms with Crippen LogP contribution in [0.5, 0.6) is 0 Å². The first-order valence-corrected chi connectivity index (χ1v) is 34.5. The minimum atomic E-state index is -4.92. The Morgan fingerprint density at radius 3 is 1.01 bits per heavy atom. The Labute approximate surface area is 501 Å². The predicted molar refractivity (Wildman–Crippen MR) is 334 cm³/mol. The highest BCUT2D eigenvalue weighted by atomic mass is 31.2. The van der Waals surface area contributed by atoms with Crippen LogP contribution in [0.15, 0.2) is 97.2 Å². The minimum Gasteiger partial charge on any atom is -0.463 e. The van der Waals surface area contributed by atoms with Crippen LogP contribution in [0.25, 0.3) is 0 Å². The number of phosphoric acid groups is 2. The van der Waals surface area contributed by atoms with Gasteiger partial charge in [-0.3, -0.25) is 32.5 Å². The zero-order valence-corrected chi connectivity index (χ0v) is 53.1. The molecule has 0 aliphatic carbocycles. The highest BCUT2D eigenvalue weighted by Gasteiger charge is 2.29. The van der Waals surface area contributed by atoms with Crippen LogP contribution in [0, 0.1) is 0 Å². The first-order chi connectivity index (χ1) is 40.2. The molecule has 478 valence electrons. The Morgan fingerprint density at radius 2 is 0.639 bits per heavy atom. The van der Waals surface area contributed by atoms with Crippen LogP contribution in [0.3, 0.4) is 0 Å². The molecule has 18 heteroatoms. The lowest BCUT2D eigenvalue weighted by Gasteiger charge is -2.21. The van der Waals surface area contributed by atoms with E-state index in [0.717, 1.165) is 141 Å². The molecule has 0 heterocycles. The fourth-order valence-corrected chi connectivity index (χ4v) is 9.61. The van der Waals surface area contributed by atoms with E-state index in [-0.39, 0.29) is 19.3 Å². The summed E-state index contributed by atoms with van der Waals surface area (Å²) in [6.45, 7) is 2.37. The van der Waals surface area contributed by atoms with Crippen molar-refractivity contribution in [1.82, 2.24) is 0 Å². The van der Waals surface area contributed by atoms with E-state index < -0.39 is 91.5 Å². The number of hydrogen-bond donors (Lipinski definition) is 4. The Balaban J connectivity index is 4.65. The second kappa shape index (κ2) is 58.8. The smallest absolute Gasteiger partial charge is 0.463 e. The zero-order chi connectivity index (χ0) is 61.0. The Bertz CT molecular complexity index is 1910. The van der Waals surface area contributed by atoms with E-state index >= 15 is 0 Å². The lowest BCUT2D eigenvalue weighted by molar-refractivity contribution is -0.161. The average molecular weight is 1210 g/mol. The van der Waals surface area contributed by atoms with Crippen molar-refractivity contribution in [1.29, 1.82) is 0 Å². The SMILES string of the molecule is CC/C=C\C/C=C\C/C=C\C/C=C\CCCCCCCCC(=O)OCC(O)COP(=O)(O)OCC(O)COP(=O)(O)OCC(COC(=O)CCCCCC/C=C\C/C=C\C/C=C\C/C=C\CC)OC(=O)CCCCCCCCCCCCC. The standard InChI is InChI=1S/C65H112O16P2/c1-4-7-10-13-16-19-22-24-26-28-29-31-33-34-37-39-42-45-48-51-63(68)75-54-60(66)55-77-82(71,72)78-56-61(67)57-79-83(73,74)80-59-62(81-65(70)53-50-47-44-41-36-21-18-15-12-9-6-3)58-76-64(69)52-49-46-43-40-38-35-32-30-27-25-23-20-17-14-11-8-5-2/h7-8,10-11,16-17,19-20,24-27,29,31-32,35,60-62,66-67H,4-6,9,12-15,18,21-23,28,30,33-34,36-59H2,1-3H3,(H,71,72)(H,73,74)/b10-7-,11-8-,19-16-,20-17-,26-24-,27-25-,31-29-,35-32-. The molecule has 0 saturated carbocycles.